The normalized spacial score (nSPS) is 10.2. The molecule has 0 saturated heterocycles. The number of hydrazine groups is 1. The van der Waals surface area contributed by atoms with Crippen LogP contribution in [0.4, 0.5) is 0 Å². The molecule has 170 valence electrons. The molecule has 0 aromatic heterocycles. The summed E-state index contributed by atoms with van der Waals surface area (Å²) in [5.74, 6) is -0.488. The van der Waals surface area contributed by atoms with Crippen LogP contribution in [0.2, 0.25) is 0 Å². The number of methoxy groups -OCH3 is 1. The highest BCUT2D eigenvalue weighted by Crippen LogP contribution is 2.23. The number of hydrogen-bond acceptors (Lipinski definition) is 5. The van der Waals surface area contributed by atoms with Crippen molar-refractivity contribution in [2.24, 2.45) is 0 Å². The number of amides is 2. The number of halogens is 1. The van der Waals surface area contributed by atoms with Gasteiger partial charge in [0.25, 0.3) is 11.8 Å². The highest BCUT2D eigenvalue weighted by Gasteiger charge is 2.15. The highest BCUT2D eigenvalue weighted by atomic mass is 79.9. The molecule has 0 spiro atoms. The molecular weight excluding hydrogens is 506 g/mol. The molecule has 0 heterocycles. The molecule has 0 radical (unpaired) electrons. The van der Waals surface area contributed by atoms with Gasteiger partial charge in [0, 0.05) is 17.1 Å². The Labute approximate surface area is 205 Å². The molecule has 0 bridgehead atoms. The van der Waals surface area contributed by atoms with Crippen LogP contribution in [0.1, 0.15) is 20.7 Å². The number of thiocarbonyl (C=S) groups is 1. The Morgan fingerprint density at radius 1 is 0.879 bits per heavy atom. The molecule has 0 fully saturated rings. The second kappa shape index (κ2) is 12.1. The Balaban J connectivity index is 1.55. The first kappa shape index (κ1) is 24.4. The third kappa shape index (κ3) is 7.11. The van der Waals surface area contributed by atoms with E-state index in [1.165, 1.54) is 0 Å². The van der Waals surface area contributed by atoms with Crippen LogP contribution < -0.4 is 20.9 Å². The highest BCUT2D eigenvalue weighted by molar-refractivity contribution is 9.10. The molecule has 0 atom stereocenters. The monoisotopic (exact) mass is 527 g/mol. The van der Waals surface area contributed by atoms with Gasteiger partial charge < -0.3 is 9.47 Å². The van der Waals surface area contributed by atoms with Crippen LogP contribution in [-0.4, -0.2) is 37.3 Å². The van der Waals surface area contributed by atoms with Gasteiger partial charge in [0.05, 0.1) is 12.2 Å². The molecule has 3 aromatic rings. The van der Waals surface area contributed by atoms with Gasteiger partial charge in [-0.3, -0.25) is 25.8 Å². The minimum absolute atomic E-state index is 0.0583. The lowest BCUT2D eigenvalue weighted by molar-refractivity contribution is 0.0933. The first-order chi connectivity index (χ1) is 16.0. The summed E-state index contributed by atoms with van der Waals surface area (Å²) in [5, 5.41) is 2.47. The molecule has 0 unspecified atom stereocenters. The summed E-state index contributed by atoms with van der Waals surface area (Å²) in [5.41, 5.74) is 7.81. The van der Waals surface area contributed by atoms with Gasteiger partial charge in [-0.25, -0.2) is 0 Å². The predicted molar refractivity (Wildman–Crippen MR) is 134 cm³/mol. The number of hydrogen-bond donors (Lipinski definition) is 3. The van der Waals surface area contributed by atoms with Crippen molar-refractivity contribution in [3.05, 3.63) is 88.4 Å². The summed E-state index contributed by atoms with van der Waals surface area (Å²) in [4.78, 5) is 25.1. The van der Waals surface area contributed by atoms with Crippen LogP contribution in [-0.2, 0) is 4.74 Å². The molecule has 0 aliphatic carbocycles. The molecular formula is C24H22BrN3O4S. The molecule has 2 amide bonds. The lowest BCUT2D eigenvalue weighted by atomic mass is 10.0. The van der Waals surface area contributed by atoms with Crippen LogP contribution in [0.15, 0.2) is 77.3 Å². The smallest absolute Gasteiger partial charge is 0.269 e. The fourth-order valence-corrected chi connectivity index (χ4v) is 3.38. The van der Waals surface area contributed by atoms with E-state index < -0.39 is 11.8 Å². The minimum atomic E-state index is -0.484. The van der Waals surface area contributed by atoms with Gasteiger partial charge in [-0.1, -0.05) is 58.4 Å². The molecule has 0 aliphatic heterocycles. The molecule has 3 rings (SSSR count). The quantitative estimate of drug-likeness (QED) is 0.243. The van der Waals surface area contributed by atoms with Gasteiger partial charge in [-0.05, 0) is 53.7 Å². The van der Waals surface area contributed by atoms with E-state index >= 15 is 0 Å². The standard InChI is InChI=1S/C24H22BrN3O4S/c1-31-13-14-32-21-12-11-19(25)15-20(21)23(30)26-24(33)28-27-22(29)18-9-7-17(8-10-18)16-5-3-2-4-6-16/h2-12,15H,13-14H2,1H3,(H,27,29)(H2,26,28,30,33). The van der Waals surface area contributed by atoms with E-state index in [9.17, 15) is 9.59 Å². The third-order valence-electron chi connectivity index (χ3n) is 4.50. The van der Waals surface area contributed by atoms with Crippen molar-refractivity contribution in [3.8, 4) is 16.9 Å². The number of carbonyl (C=O) groups is 2. The van der Waals surface area contributed by atoms with E-state index in [1.807, 2.05) is 42.5 Å². The van der Waals surface area contributed by atoms with Crippen LogP contribution in [0, 0.1) is 0 Å². The van der Waals surface area contributed by atoms with Crippen LogP contribution >= 0.6 is 28.1 Å². The molecule has 0 aliphatic rings. The zero-order valence-corrected chi connectivity index (χ0v) is 20.2. The van der Waals surface area contributed by atoms with E-state index in [1.54, 1.807) is 37.4 Å². The second-order valence-electron chi connectivity index (χ2n) is 6.79. The van der Waals surface area contributed by atoms with E-state index in [0.717, 1.165) is 11.1 Å². The Bertz CT molecular complexity index is 1120. The van der Waals surface area contributed by atoms with Gasteiger partial charge in [0.15, 0.2) is 5.11 Å². The zero-order valence-electron chi connectivity index (χ0n) is 17.8. The number of carbonyl (C=O) groups excluding carboxylic acids is 2. The number of benzene rings is 3. The Hall–Kier alpha value is -3.27. The van der Waals surface area contributed by atoms with E-state index in [2.05, 4.69) is 32.1 Å². The Morgan fingerprint density at radius 2 is 1.58 bits per heavy atom. The van der Waals surface area contributed by atoms with Crippen molar-refractivity contribution in [2.75, 3.05) is 20.3 Å². The largest absolute Gasteiger partial charge is 0.490 e. The van der Waals surface area contributed by atoms with Gasteiger partial charge in [0.2, 0.25) is 0 Å². The minimum Gasteiger partial charge on any atom is -0.490 e. The number of rotatable bonds is 7. The van der Waals surface area contributed by atoms with Gasteiger partial charge in [0.1, 0.15) is 12.4 Å². The topological polar surface area (TPSA) is 88.7 Å². The fraction of sp³-hybridized carbons (Fsp3) is 0.125. The summed E-state index contributed by atoms with van der Waals surface area (Å²) in [6.07, 6.45) is 0. The lowest BCUT2D eigenvalue weighted by Crippen LogP contribution is -2.48. The summed E-state index contributed by atoms with van der Waals surface area (Å²) in [6, 6.07) is 22.1. The number of ether oxygens (including phenoxy) is 2. The summed E-state index contributed by atoms with van der Waals surface area (Å²) < 4.78 is 11.3. The predicted octanol–water partition coefficient (Wildman–Crippen LogP) is 4.09. The third-order valence-corrected chi connectivity index (χ3v) is 5.20. The van der Waals surface area contributed by atoms with Crippen molar-refractivity contribution in [2.45, 2.75) is 0 Å². The van der Waals surface area contributed by atoms with Crippen molar-refractivity contribution in [1.29, 1.82) is 0 Å². The Morgan fingerprint density at radius 3 is 2.27 bits per heavy atom. The maximum atomic E-state index is 12.7. The SMILES string of the molecule is COCCOc1ccc(Br)cc1C(=O)NC(=S)NNC(=O)c1ccc(-c2ccccc2)cc1. The molecule has 33 heavy (non-hydrogen) atoms. The van der Waals surface area contributed by atoms with Crippen LogP contribution in [0.25, 0.3) is 11.1 Å². The van der Waals surface area contributed by atoms with Crippen molar-refractivity contribution in [1.82, 2.24) is 16.2 Å². The maximum absolute atomic E-state index is 12.7. The molecule has 3 N–H and O–H groups in total. The summed E-state index contributed by atoms with van der Waals surface area (Å²) in [7, 11) is 1.56. The van der Waals surface area contributed by atoms with Crippen LogP contribution in [0.5, 0.6) is 5.75 Å². The van der Waals surface area contributed by atoms with Crippen molar-refractivity contribution < 1.29 is 19.1 Å². The van der Waals surface area contributed by atoms with E-state index in [-0.39, 0.29) is 10.7 Å². The first-order valence-corrected chi connectivity index (χ1v) is 11.2. The van der Waals surface area contributed by atoms with E-state index in [0.29, 0.717) is 29.0 Å². The zero-order chi connectivity index (χ0) is 23.6. The summed E-state index contributed by atoms with van der Waals surface area (Å²) in [6.45, 7) is 0.676. The fourth-order valence-electron chi connectivity index (χ4n) is 2.87. The van der Waals surface area contributed by atoms with E-state index in [4.69, 9.17) is 21.7 Å². The summed E-state index contributed by atoms with van der Waals surface area (Å²) >= 11 is 8.48. The molecule has 7 nitrogen and oxygen atoms in total. The van der Waals surface area contributed by atoms with Crippen molar-refractivity contribution in [3.63, 3.8) is 0 Å². The number of nitrogens with one attached hydrogen (secondary N) is 3. The maximum Gasteiger partial charge on any atom is 0.269 e. The lowest BCUT2D eigenvalue weighted by Gasteiger charge is -2.14. The van der Waals surface area contributed by atoms with Gasteiger partial charge >= 0.3 is 0 Å². The average Bonchev–Trinajstić information content (AvgIpc) is 2.84. The second-order valence-corrected chi connectivity index (χ2v) is 8.11. The van der Waals surface area contributed by atoms with Gasteiger partial charge in [-0.2, -0.15) is 0 Å². The average molecular weight is 528 g/mol. The van der Waals surface area contributed by atoms with Gasteiger partial charge in [-0.15, -0.1) is 0 Å². The van der Waals surface area contributed by atoms with Crippen molar-refractivity contribution >= 4 is 45.1 Å². The van der Waals surface area contributed by atoms with Crippen LogP contribution in [0.3, 0.4) is 0 Å². The first-order valence-electron chi connectivity index (χ1n) is 9.96. The molecule has 9 heteroatoms. The molecule has 0 saturated carbocycles. The Kier molecular flexibility index (Phi) is 8.94. The molecule has 3 aromatic carbocycles.